The molecule has 0 aliphatic heterocycles. The van der Waals surface area contributed by atoms with E-state index in [4.69, 9.17) is 0 Å². The summed E-state index contributed by atoms with van der Waals surface area (Å²) in [6.45, 7) is 2.51. The lowest BCUT2D eigenvalue weighted by molar-refractivity contribution is 0.0948. The van der Waals surface area contributed by atoms with Gasteiger partial charge in [0.25, 0.3) is 17.7 Å². The van der Waals surface area contributed by atoms with Crippen molar-refractivity contribution in [2.45, 2.75) is 0 Å². The number of amides is 3. The Labute approximate surface area is 243 Å². The summed E-state index contributed by atoms with van der Waals surface area (Å²) < 4.78 is 0. The predicted octanol–water partition coefficient (Wildman–Crippen LogP) is 0.392. The Balaban J connectivity index is 1.03. The summed E-state index contributed by atoms with van der Waals surface area (Å²) in [6, 6.07) is 15.4. The van der Waals surface area contributed by atoms with Crippen molar-refractivity contribution in [3.8, 4) is 0 Å². The van der Waals surface area contributed by atoms with Crippen LogP contribution in [0.15, 0.2) is 54.6 Å². The molecule has 6 rings (SSSR count). The van der Waals surface area contributed by atoms with E-state index in [-0.39, 0.29) is 17.7 Å². The van der Waals surface area contributed by atoms with Crippen LogP contribution in [0.1, 0.15) is 31.1 Å². The molecule has 0 bridgehead atoms. The van der Waals surface area contributed by atoms with Gasteiger partial charge in [0, 0.05) is 56.0 Å². The molecule has 0 aliphatic rings. The Morgan fingerprint density at radius 2 is 0.860 bits per heavy atom. The molecule has 3 heterocycles. The molecule has 0 radical (unpaired) electrons. The average Bonchev–Trinajstić information content (AvgIpc) is 3.80. The predicted molar refractivity (Wildman–Crippen MR) is 155 cm³/mol. The van der Waals surface area contributed by atoms with Crippen molar-refractivity contribution >= 4 is 50.8 Å². The molecule has 0 unspecified atom stereocenters. The van der Waals surface area contributed by atoms with E-state index >= 15 is 0 Å². The van der Waals surface area contributed by atoms with Crippen molar-refractivity contribution in [2.24, 2.45) is 0 Å². The van der Waals surface area contributed by atoms with Crippen molar-refractivity contribution in [1.29, 1.82) is 0 Å². The first-order valence-electron chi connectivity index (χ1n) is 13.5. The quantitative estimate of drug-likeness (QED) is 0.117. The molecule has 218 valence electrons. The maximum absolute atomic E-state index is 12.7. The number of H-pyrrole nitrogens is 3. The molecule has 0 atom stereocenters. The summed E-state index contributed by atoms with van der Waals surface area (Å²) in [5.41, 5.74) is 5.46. The molecule has 0 saturated carbocycles. The van der Waals surface area contributed by atoms with E-state index in [1.807, 2.05) is 4.90 Å². The zero-order valence-electron chi connectivity index (χ0n) is 22.8. The second-order valence-electron chi connectivity index (χ2n) is 9.74. The lowest BCUT2D eigenvalue weighted by Crippen LogP contribution is -2.43. The highest BCUT2D eigenvalue weighted by atomic mass is 16.2. The second-order valence-corrected chi connectivity index (χ2v) is 9.74. The van der Waals surface area contributed by atoms with Crippen LogP contribution in [-0.2, 0) is 0 Å². The standard InChI is InChI=1S/C27H27N13O3/c41-25(16-1-4-19-22(13-16)34-37-31-19)28-7-10-40(11-8-29-26(42)17-2-5-20-23(14-17)35-38-32-20)12-9-30-27(43)18-3-6-21-24(15-18)36-39-33-21/h1-6,13-15H,7-12H2,(H,28,41)(H,29,42)(H,30,43)(H,31,34,37)(H,32,35,38)(H,33,36,39). The highest BCUT2D eigenvalue weighted by molar-refractivity contribution is 5.98. The van der Waals surface area contributed by atoms with Gasteiger partial charge in [-0.2, -0.15) is 0 Å². The minimum Gasteiger partial charge on any atom is -0.351 e. The first kappa shape index (κ1) is 27.4. The fourth-order valence-corrected chi connectivity index (χ4v) is 4.57. The molecule has 43 heavy (non-hydrogen) atoms. The fraction of sp³-hybridized carbons (Fsp3) is 0.222. The van der Waals surface area contributed by atoms with Gasteiger partial charge in [-0.3, -0.25) is 34.6 Å². The van der Waals surface area contributed by atoms with Crippen LogP contribution in [0.3, 0.4) is 0 Å². The first-order chi connectivity index (χ1) is 21.0. The lowest BCUT2D eigenvalue weighted by Gasteiger charge is -2.23. The summed E-state index contributed by atoms with van der Waals surface area (Å²) in [4.78, 5) is 40.2. The summed E-state index contributed by atoms with van der Waals surface area (Å²) in [5, 5.41) is 40.1. The normalized spacial score (nSPS) is 11.4. The molecular weight excluding hydrogens is 554 g/mol. The Morgan fingerprint density at radius 1 is 0.535 bits per heavy atom. The van der Waals surface area contributed by atoms with Crippen LogP contribution in [0.5, 0.6) is 0 Å². The van der Waals surface area contributed by atoms with Gasteiger partial charge in [-0.1, -0.05) is 15.6 Å². The van der Waals surface area contributed by atoms with Crippen LogP contribution < -0.4 is 16.0 Å². The third-order valence-electron chi connectivity index (χ3n) is 6.91. The van der Waals surface area contributed by atoms with Crippen LogP contribution in [0.2, 0.25) is 0 Å². The number of fused-ring (bicyclic) bond motifs is 3. The third kappa shape index (κ3) is 6.43. The number of benzene rings is 3. The molecule has 0 spiro atoms. The van der Waals surface area contributed by atoms with Gasteiger partial charge in [0.1, 0.15) is 16.6 Å². The van der Waals surface area contributed by atoms with Crippen LogP contribution in [0.4, 0.5) is 0 Å². The first-order valence-corrected chi connectivity index (χ1v) is 13.5. The summed E-state index contributed by atoms with van der Waals surface area (Å²) in [6.07, 6.45) is 0. The van der Waals surface area contributed by atoms with E-state index in [0.29, 0.717) is 72.5 Å². The number of nitrogens with one attached hydrogen (secondary N) is 6. The van der Waals surface area contributed by atoms with Gasteiger partial charge in [0.2, 0.25) is 0 Å². The van der Waals surface area contributed by atoms with Crippen LogP contribution in [0.25, 0.3) is 33.1 Å². The molecule has 3 aromatic heterocycles. The molecular formula is C27H27N13O3. The van der Waals surface area contributed by atoms with E-state index in [0.717, 1.165) is 16.6 Å². The Bertz CT molecular complexity index is 1690. The molecule has 0 saturated heterocycles. The molecule has 16 nitrogen and oxygen atoms in total. The number of carbonyl (C=O) groups is 3. The van der Waals surface area contributed by atoms with E-state index in [2.05, 4.69) is 62.2 Å². The van der Waals surface area contributed by atoms with Crippen molar-refractivity contribution in [3.63, 3.8) is 0 Å². The van der Waals surface area contributed by atoms with Gasteiger partial charge in [-0.15, -0.1) is 15.3 Å². The summed E-state index contributed by atoms with van der Waals surface area (Å²) in [5.74, 6) is -0.714. The smallest absolute Gasteiger partial charge is 0.251 e. The highest BCUT2D eigenvalue weighted by Gasteiger charge is 2.13. The van der Waals surface area contributed by atoms with Gasteiger partial charge < -0.3 is 16.0 Å². The highest BCUT2D eigenvalue weighted by Crippen LogP contribution is 2.12. The molecule has 0 fully saturated rings. The Hall–Kier alpha value is -5.77. The van der Waals surface area contributed by atoms with Crippen LogP contribution in [0, 0.1) is 0 Å². The number of hydrogen-bond donors (Lipinski definition) is 6. The Kier molecular flexibility index (Phi) is 7.90. The zero-order chi connectivity index (χ0) is 29.6. The van der Waals surface area contributed by atoms with E-state index in [1.165, 1.54) is 0 Å². The summed E-state index contributed by atoms with van der Waals surface area (Å²) in [7, 11) is 0. The van der Waals surface area contributed by atoms with Crippen LogP contribution in [-0.4, -0.2) is 108 Å². The van der Waals surface area contributed by atoms with Crippen molar-refractivity contribution < 1.29 is 14.4 Å². The molecule has 6 N–H and O–H groups in total. The van der Waals surface area contributed by atoms with Gasteiger partial charge in [0.15, 0.2) is 0 Å². The number of nitrogens with zero attached hydrogens (tertiary/aromatic N) is 7. The third-order valence-corrected chi connectivity index (χ3v) is 6.91. The number of rotatable bonds is 12. The van der Waals surface area contributed by atoms with Crippen molar-refractivity contribution in [3.05, 3.63) is 71.3 Å². The number of hydrogen-bond acceptors (Lipinski definition) is 10. The minimum atomic E-state index is -0.238. The average molecular weight is 582 g/mol. The number of aromatic amines is 3. The Morgan fingerprint density at radius 3 is 1.19 bits per heavy atom. The van der Waals surface area contributed by atoms with Gasteiger partial charge >= 0.3 is 0 Å². The van der Waals surface area contributed by atoms with E-state index in [1.54, 1.807) is 54.6 Å². The molecule has 0 aliphatic carbocycles. The van der Waals surface area contributed by atoms with E-state index < -0.39 is 0 Å². The maximum atomic E-state index is 12.7. The molecule has 6 aromatic rings. The van der Waals surface area contributed by atoms with Crippen molar-refractivity contribution in [2.75, 3.05) is 39.3 Å². The maximum Gasteiger partial charge on any atom is 0.251 e. The molecule has 3 aromatic carbocycles. The van der Waals surface area contributed by atoms with Crippen molar-refractivity contribution in [1.82, 2.24) is 67.1 Å². The largest absolute Gasteiger partial charge is 0.351 e. The molecule has 3 amide bonds. The van der Waals surface area contributed by atoms with E-state index in [9.17, 15) is 14.4 Å². The van der Waals surface area contributed by atoms with Gasteiger partial charge in [-0.25, -0.2) is 0 Å². The lowest BCUT2D eigenvalue weighted by atomic mass is 10.2. The minimum absolute atomic E-state index is 0.238. The fourth-order valence-electron chi connectivity index (χ4n) is 4.57. The van der Waals surface area contributed by atoms with Gasteiger partial charge in [-0.05, 0) is 54.6 Å². The zero-order valence-corrected chi connectivity index (χ0v) is 22.8. The topological polar surface area (TPSA) is 215 Å². The SMILES string of the molecule is O=C(NCCN(CCNC(=O)c1ccc2[nH]nnc2c1)CCNC(=O)c1ccc2[nH]nnc2c1)c1ccc2[nH]nnc2c1. The number of carbonyl (C=O) groups excluding carboxylic acids is 3. The molecule has 16 heteroatoms. The monoisotopic (exact) mass is 581 g/mol. The number of aromatic nitrogens is 9. The van der Waals surface area contributed by atoms with Gasteiger partial charge in [0.05, 0.1) is 16.6 Å². The second kappa shape index (κ2) is 12.4. The van der Waals surface area contributed by atoms with Crippen LogP contribution >= 0.6 is 0 Å². The summed E-state index contributed by atoms with van der Waals surface area (Å²) >= 11 is 0.